The van der Waals surface area contributed by atoms with E-state index in [0.29, 0.717) is 5.56 Å². The van der Waals surface area contributed by atoms with Gasteiger partial charge in [-0.3, -0.25) is 4.99 Å². The molecule has 0 saturated heterocycles. The van der Waals surface area contributed by atoms with Gasteiger partial charge in [0.15, 0.2) is 11.1 Å². The van der Waals surface area contributed by atoms with Crippen molar-refractivity contribution in [2.75, 3.05) is 18.4 Å². The predicted octanol–water partition coefficient (Wildman–Crippen LogP) is 4.17. The van der Waals surface area contributed by atoms with E-state index in [4.69, 9.17) is 0 Å². The molecule has 2 aromatic heterocycles. The second-order valence-electron chi connectivity index (χ2n) is 5.53. The number of hydrogen-bond donors (Lipinski definition) is 2. The molecule has 5 nitrogen and oxygen atoms in total. The normalized spacial score (nSPS) is 13.6. The molecule has 0 radical (unpaired) electrons. The molecule has 124 valence electrons. The zero-order chi connectivity index (χ0) is 17.1. The van der Waals surface area contributed by atoms with E-state index in [9.17, 15) is 5.26 Å². The van der Waals surface area contributed by atoms with Crippen molar-refractivity contribution in [1.29, 1.82) is 5.26 Å². The van der Waals surface area contributed by atoms with Crippen LogP contribution in [0.25, 0.3) is 21.7 Å². The van der Waals surface area contributed by atoms with Crippen LogP contribution in [0.3, 0.4) is 0 Å². The van der Waals surface area contributed by atoms with Crippen LogP contribution in [-0.4, -0.2) is 24.0 Å². The molecule has 1 aromatic carbocycles. The number of thiophene rings is 1. The third-order valence-corrected chi connectivity index (χ3v) is 5.56. The van der Waals surface area contributed by atoms with Crippen molar-refractivity contribution >= 4 is 33.8 Å². The summed E-state index contributed by atoms with van der Waals surface area (Å²) in [5.74, 6) is 0.793. The quantitative estimate of drug-likeness (QED) is 0.730. The molecule has 1 aliphatic rings. The van der Waals surface area contributed by atoms with Crippen LogP contribution >= 0.6 is 22.7 Å². The van der Waals surface area contributed by atoms with Gasteiger partial charge in [0.05, 0.1) is 17.3 Å². The van der Waals surface area contributed by atoms with Crippen molar-refractivity contribution in [2.24, 2.45) is 4.99 Å². The lowest BCUT2D eigenvalue weighted by Crippen LogP contribution is -2.35. The molecule has 0 aliphatic carbocycles. The Kier molecular flexibility index (Phi) is 4.46. The maximum atomic E-state index is 9.28. The maximum absolute atomic E-state index is 9.28. The van der Waals surface area contributed by atoms with Crippen LogP contribution in [0, 0.1) is 11.3 Å². The summed E-state index contributed by atoms with van der Waals surface area (Å²) >= 11 is 3.19. The molecule has 0 fully saturated rings. The van der Waals surface area contributed by atoms with Crippen molar-refractivity contribution in [3.63, 3.8) is 0 Å². The molecule has 3 aromatic rings. The van der Waals surface area contributed by atoms with Gasteiger partial charge in [-0.2, -0.15) is 5.26 Å². The van der Waals surface area contributed by atoms with Crippen molar-refractivity contribution in [2.45, 2.75) is 6.42 Å². The van der Waals surface area contributed by atoms with Crippen molar-refractivity contribution < 1.29 is 0 Å². The minimum atomic E-state index is 0.693. The summed E-state index contributed by atoms with van der Waals surface area (Å²) in [6.07, 6.45) is 1.07. The number of thiazole rings is 1. The van der Waals surface area contributed by atoms with Crippen LogP contribution in [-0.2, 0) is 0 Å². The summed E-state index contributed by atoms with van der Waals surface area (Å²) in [6, 6.07) is 12.0. The van der Waals surface area contributed by atoms with Crippen LogP contribution in [0.5, 0.6) is 0 Å². The minimum absolute atomic E-state index is 0.693. The molecule has 0 bridgehead atoms. The second kappa shape index (κ2) is 7.05. The predicted molar refractivity (Wildman–Crippen MR) is 104 cm³/mol. The number of aliphatic imine (C=N–C) groups is 1. The molecule has 0 spiro atoms. The molecule has 0 amide bonds. The molecule has 0 unspecified atom stereocenters. The van der Waals surface area contributed by atoms with Crippen LogP contribution < -0.4 is 10.6 Å². The number of anilines is 1. The first-order valence-corrected chi connectivity index (χ1v) is 9.69. The number of aromatic nitrogens is 1. The molecule has 3 heterocycles. The molecule has 7 heteroatoms. The van der Waals surface area contributed by atoms with Gasteiger partial charge in [0, 0.05) is 39.9 Å². The van der Waals surface area contributed by atoms with Crippen LogP contribution in [0.15, 0.2) is 46.1 Å². The third-order valence-electron chi connectivity index (χ3n) is 3.83. The lowest BCUT2D eigenvalue weighted by atomic mass is 10.1. The molecule has 4 rings (SSSR count). The molecule has 0 atom stereocenters. The zero-order valence-electron chi connectivity index (χ0n) is 13.3. The Morgan fingerprint density at radius 1 is 1.20 bits per heavy atom. The standard InChI is InChI=1S/C18H15N5S2/c19-9-12-4-1-2-5-14(12)16-8-13(10-24-16)15-11-25-18(22-15)23-17-20-6-3-7-21-17/h1-2,4-5,8,10-11H,3,6-7H2,(H2,20,21,22,23). The molecule has 25 heavy (non-hydrogen) atoms. The van der Waals surface area contributed by atoms with E-state index in [1.807, 2.05) is 29.6 Å². The topological polar surface area (TPSA) is 73.1 Å². The van der Waals surface area contributed by atoms with Gasteiger partial charge < -0.3 is 10.6 Å². The highest BCUT2D eigenvalue weighted by atomic mass is 32.1. The number of guanidine groups is 1. The van der Waals surface area contributed by atoms with Gasteiger partial charge in [-0.05, 0) is 18.6 Å². The summed E-state index contributed by atoms with van der Waals surface area (Å²) in [6.45, 7) is 1.79. The van der Waals surface area contributed by atoms with Crippen LogP contribution in [0.4, 0.5) is 5.13 Å². The van der Waals surface area contributed by atoms with E-state index in [0.717, 1.165) is 52.3 Å². The van der Waals surface area contributed by atoms with Gasteiger partial charge in [0.2, 0.25) is 0 Å². The summed E-state index contributed by atoms with van der Waals surface area (Å²) in [4.78, 5) is 10.1. The smallest absolute Gasteiger partial charge is 0.197 e. The number of benzene rings is 1. The molecular weight excluding hydrogens is 350 g/mol. The Labute approximate surface area is 153 Å². The first-order valence-electron chi connectivity index (χ1n) is 7.93. The summed E-state index contributed by atoms with van der Waals surface area (Å²) in [7, 11) is 0. The molecule has 2 N–H and O–H groups in total. The fourth-order valence-corrected chi connectivity index (χ4v) is 4.25. The molecule has 0 saturated carbocycles. The summed E-state index contributed by atoms with van der Waals surface area (Å²) in [5, 5.41) is 20.7. The lowest BCUT2D eigenvalue weighted by molar-refractivity contribution is 0.740. The Balaban J connectivity index is 1.56. The highest BCUT2D eigenvalue weighted by molar-refractivity contribution is 7.15. The lowest BCUT2D eigenvalue weighted by Gasteiger charge is -2.14. The van der Waals surface area contributed by atoms with Gasteiger partial charge in [-0.25, -0.2) is 4.98 Å². The first-order chi connectivity index (χ1) is 12.3. The van der Waals surface area contributed by atoms with E-state index in [2.05, 4.69) is 38.1 Å². The van der Waals surface area contributed by atoms with E-state index in [1.165, 1.54) is 0 Å². The van der Waals surface area contributed by atoms with Gasteiger partial charge in [-0.1, -0.05) is 18.2 Å². The highest BCUT2D eigenvalue weighted by Gasteiger charge is 2.12. The van der Waals surface area contributed by atoms with Gasteiger partial charge in [-0.15, -0.1) is 22.7 Å². The Hall–Kier alpha value is -2.69. The average molecular weight is 365 g/mol. The SMILES string of the molecule is N#Cc1ccccc1-c1cc(-c2csc(NC3=NCCCN3)n2)cs1. The van der Waals surface area contributed by atoms with Gasteiger partial charge in [0.25, 0.3) is 0 Å². The first kappa shape index (κ1) is 15.8. The van der Waals surface area contributed by atoms with E-state index < -0.39 is 0 Å². The Morgan fingerprint density at radius 3 is 2.96 bits per heavy atom. The van der Waals surface area contributed by atoms with Crippen molar-refractivity contribution in [3.8, 4) is 27.8 Å². The van der Waals surface area contributed by atoms with E-state index in [-0.39, 0.29) is 0 Å². The average Bonchev–Trinajstić information content (AvgIpc) is 3.32. The summed E-state index contributed by atoms with van der Waals surface area (Å²) < 4.78 is 0. The minimum Gasteiger partial charge on any atom is -0.356 e. The van der Waals surface area contributed by atoms with Crippen LogP contribution in [0.1, 0.15) is 12.0 Å². The zero-order valence-corrected chi connectivity index (χ0v) is 15.0. The number of nitriles is 1. The number of hydrogen-bond acceptors (Lipinski definition) is 7. The Morgan fingerprint density at radius 2 is 2.12 bits per heavy atom. The number of rotatable bonds is 3. The maximum Gasteiger partial charge on any atom is 0.197 e. The molecule has 1 aliphatic heterocycles. The van der Waals surface area contributed by atoms with Gasteiger partial charge >= 0.3 is 0 Å². The third kappa shape index (κ3) is 3.40. The second-order valence-corrected chi connectivity index (χ2v) is 7.30. The number of nitrogens with zero attached hydrogens (tertiary/aromatic N) is 3. The van der Waals surface area contributed by atoms with Gasteiger partial charge in [0.1, 0.15) is 0 Å². The van der Waals surface area contributed by atoms with Crippen molar-refractivity contribution in [1.82, 2.24) is 10.3 Å². The molecular formula is C18H15N5S2. The van der Waals surface area contributed by atoms with Crippen molar-refractivity contribution in [3.05, 3.63) is 46.7 Å². The van der Waals surface area contributed by atoms with Crippen LogP contribution in [0.2, 0.25) is 0 Å². The highest BCUT2D eigenvalue weighted by Crippen LogP contribution is 2.35. The largest absolute Gasteiger partial charge is 0.356 e. The van der Waals surface area contributed by atoms with E-state index in [1.54, 1.807) is 22.7 Å². The number of nitrogens with one attached hydrogen (secondary N) is 2. The monoisotopic (exact) mass is 365 g/mol. The van der Waals surface area contributed by atoms with E-state index >= 15 is 0 Å². The summed E-state index contributed by atoms with van der Waals surface area (Å²) in [5.41, 5.74) is 3.66. The fraction of sp³-hybridized carbons (Fsp3) is 0.167. The fourth-order valence-electron chi connectivity index (χ4n) is 2.59. The Bertz CT molecular complexity index is 964.